The molecule has 5 rings (SSSR count). The molecule has 0 radical (unpaired) electrons. The number of benzene rings is 1. The number of rotatable bonds is 11. The number of fused-ring (bicyclic) bond motifs is 1. The maximum absolute atomic E-state index is 13.2. The lowest BCUT2D eigenvalue weighted by atomic mass is 10.1. The van der Waals surface area contributed by atoms with Crippen molar-refractivity contribution in [2.75, 3.05) is 69.7 Å². The molecule has 1 aliphatic rings. The van der Waals surface area contributed by atoms with Crippen LogP contribution in [0.2, 0.25) is 5.15 Å². The second-order valence-corrected chi connectivity index (χ2v) is 10.7. The molecule has 4 aromatic rings. The van der Waals surface area contributed by atoms with E-state index in [1.807, 2.05) is 42.0 Å². The first-order chi connectivity index (χ1) is 21.2. The van der Waals surface area contributed by atoms with Gasteiger partial charge in [-0.1, -0.05) is 11.6 Å². The number of nitrogens with zero attached hydrogens (tertiary/aromatic N) is 7. The number of carbonyl (C=O) groups excluding carboxylic acids is 1. The van der Waals surface area contributed by atoms with Gasteiger partial charge in [-0.15, -0.1) is 0 Å². The summed E-state index contributed by atoms with van der Waals surface area (Å²) in [5, 5.41) is 3.15. The minimum Gasteiger partial charge on any atom is -0.497 e. The smallest absolute Gasteiger partial charge is 0.328 e. The minimum atomic E-state index is -0.412. The fourth-order valence-electron chi connectivity index (χ4n) is 4.85. The van der Waals surface area contributed by atoms with Gasteiger partial charge in [-0.3, -0.25) is 0 Å². The van der Waals surface area contributed by atoms with Gasteiger partial charge in [0.1, 0.15) is 34.3 Å². The van der Waals surface area contributed by atoms with Crippen LogP contribution in [0.25, 0.3) is 11.2 Å². The third-order valence-corrected chi connectivity index (χ3v) is 7.25. The van der Waals surface area contributed by atoms with Gasteiger partial charge in [0.25, 0.3) is 0 Å². The fraction of sp³-hybridized carbons (Fsp3) is 0.414. The molecule has 3 aromatic heterocycles. The molecule has 1 aliphatic heterocycles. The molecule has 3 N–H and O–H groups in total. The third-order valence-electron chi connectivity index (χ3n) is 7.05. The number of pyridine rings is 1. The molecule has 14 nitrogen and oxygen atoms in total. The van der Waals surface area contributed by atoms with Crippen molar-refractivity contribution in [2.24, 2.45) is 0 Å². The van der Waals surface area contributed by atoms with Gasteiger partial charge >= 0.3 is 6.03 Å². The third kappa shape index (κ3) is 7.21. The number of nitrogens with one attached hydrogen (secondary N) is 1. The quantitative estimate of drug-likeness (QED) is 0.235. The highest BCUT2D eigenvalue weighted by Gasteiger charge is 2.20. The van der Waals surface area contributed by atoms with E-state index < -0.39 is 6.03 Å². The van der Waals surface area contributed by atoms with Gasteiger partial charge in [0.15, 0.2) is 5.65 Å². The Balaban J connectivity index is 1.22. The molecule has 1 amide bonds. The molecule has 15 heteroatoms. The molecule has 1 atom stereocenters. The molecule has 44 heavy (non-hydrogen) atoms. The highest BCUT2D eigenvalue weighted by molar-refractivity contribution is 6.30. The molecule has 0 unspecified atom stereocenters. The first-order valence-corrected chi connectivity index (χ1v) is 14.4. The largest absolute Gasteiger partial charge is 0.497 e. The molecule has 1 aromatic carbocycles. The maximum Gasteiger partial charge on any atom is 0.328 e. The Morgan fingerprint density at radius 1 is 1.16 bits per heavy atom. The summed E-state index contributed by atoms with van der Waals surface area (Å²) < 4.78 is 23.4. The van der Waals surface area contributed by atoms with E-state index in [0.717, 1.165) is 5.56 Å². The number of amides is 1. The van der Waals surface area contributed by atoms with Crippen LogP contribution >= 0.6 is 11.6 Å². The van der Waals surface area contributed by atoms with E-state index in [9.17, 15) is 4.79 Å². The van der Waals surface area contributed by atoms with Crippen molar-refractivity contribution in [2.45, 2.75) is 26.1 Å². The summed E-state index contributed by atoms with van der Waals surface area (Å²) in [6.07, 6.45) is 1.43. The van der Waals surface area contributed by atoms with Gasteiger partial charge in [-0.05, 0) is 19.1 Å². The average molecular weight is 626 g/mol. The van der Waals surface area contributed by atoms with Crippen LogP contribution in [0.3, 0.4) is 0 Å². The van der Waals surface area contributed by atoms with Crippen molar-refractivity contribution in [3.63, 3.8) is 0 Å². The monoisotopic (exact) mass is 625 g/mol. The number of aromatic nitrogens is 5. The number of morpholine rings is 1. The van der Waals surface area contributed by atoms with E-state index in [1.165, 1.54) is 10.9 Å². The molecule has 0 aliphatic carbocycles. The minimum absolute atomic E-state index is 0.212. The van der Waals surface area contributed by atoms with Crippen LogP contribution in [0.15, 0.2) is 36.7 Å². The maximum atomic E-state index is 13.2. The number of ether oxygens (including phenoxy) is 4. The van der Waals surface area contributed by atoms with Crippen LogP contribution in [-0.4, -0.2) is 90.8 Å². The van der Waals surface area contributed by atoms with Crippen molar-refractivity contribution in [3.8, 4) is 11.5 Å². The molecule has 4 heterocycles. The van der Waals surface area contributed by atoms with E-state index in [-0.39, 0.29) is 24.4 Å². The zero-order valence-corrected chi connectivity index (χ0v) is 25.9. The zero-order valence-electron chi connectivity index (χ0n) is 25.1. The predicted molar refractivity (Wildman–Crippen MR) is 167 cm³/mol. The highest BCUT2D eigenvalue weighted by atomic mass is 35.5. The van der Waals surface area contributed by atoms with E-state index in [0.29, 0.717) is 78.7 Å². The summed E-state index contributed by atoms with van der Waals surface area (Å²) in [5.74, 6) is 2.31. The normalized spacial score (nSPS) is 14.0. The van der Waals surface area contributed by atoms with Gasteiger partial charge in [0, 0.05) is 50.4 Å². The second-order valence-electron chi connectivity index (χ2n) is 10.3. The highest BCUT2D eigenvalue weighted by Crippen LogP contribution is 2.31. The summed E-state index contributed by atoms with van der Waals surface area (Å²) in [7, 11) is 5.12. The Kier molecular flexibility index (Phi) is 9.82. The van der Waals surface area contributed by atoms with E-state index in [1.54, 1.807) is 26.4 Å². The van der Waals surface area contributed by atoms with E-state index in [4.69, 9.17) is 36.3 Å². The van der Waals surface area contributed by atoms with Gasteiger partial charge in [-0.25, -0.2) is 24.3 Å². The van der Waals surface area contributed by atoms with Crippen LogP contribution in [0.1, 0.15) is 18.2 Å². The number of imidazole rings is 1. The summed E-state index contributed by atoms with van der Waals surface area (Å²) in [5.41, 5.74) is 9.17. The number of methoxy groups -OCH3 is 2. The second kappa shape index (κ2) is 13.9. The molecule has 1 fully saturated rings. The van der Waals surface area contributed by atoms with E-state index >= 15 is 0 Å². The molecular weight excluding hydrogens is 590 g/mol. The van der Waals surface area contributed by atoms with Crippen molar-refractivity contribution >= 4 is 46.2 Å². The number of hydrogen-bond donors (Lipinski definition) is 2. The predicted octanol–water partition coefficient (Wildman–Crippen LogP) is 3.11. The topological polar surface area (TPSA) is 155 Å². The van der Waals surface area contributed by atoms with Crippen LogP contribution in [-0.2, 0) is 22.6 Å². The summed E-state index contributed by atoms with van der Waals surface area (Å²) >= 11 is 6.41. The Morgan fingerprint density at radius 3 is 2.70 bits per heavy atom. The van der Waals surface area contributed by atoms with Crippen LogP contribution in [0.4, 0.5) is 22.2 Å². The van der Waals surface area contributed by atoms with Gasteiger partial charge in [0.05, 0.1) is 58.1 Å². The van der Waals surface area contributed by atoms with Crippen LogP contribution in [0, 0.1) is 0 Å². The van der Waals surface area contributed by atoms with Gasteiger partial charge in [0.2, 0.25) is 5.95 Å². The van der Waals surface area contributed by atoms with Crippen LogP contribution < -0.4 is 30.3 Å². The van der Waals surface area contributed by atoms with Gasteiger partial charge in [-0.2, -0.15) is 4.98 Å². The molecule has 0 spiro atoms. The van der Waals surface area contributed by atoms with Crippen LogP contribution in [0.5, 0.6) is 11.5 Å². The number of halogens is 1. The fourth-order valence-corrected chi connectivity index (χ4v) is 5.04. The lowest BCUT2D eigenvalue weighted by Gasteiger charge is -2.27. The lowest BCUT2D eigenvalue weighted by Crippen LogP contribution is -2.38. The number of nitrogen functional groups attached to an aromatic ring is 1. The lowest BCUT2D eigenvalue weighted by molar-refractivity contribution is 0.102. The number of hydrogen-bond acceptors (Lipinski definition) is 12. The average Bonchev–Trinajstić information content (AvgIpc) is 3.45. The first kappa shape index (κ1) is 31.0. The Bertz CT molecular complexity index is 1610. The Hall–Kier alpha value is -4.40. The Labute approximate surface area is 260 Å². The van der Waals surface area contributed by atoms with E-state index in [2.05, 4.69) is 25.3 Å². The zero-order chi connectivity index (χ0) is 31.2. The summed E-state index contributed by atoms with van der Waals surface area (Å²) in [6, 6.07) is 8.29. The van der Waals surface area contributed by atoms with Crippen molar-refractivity contribution in [1.29, 1.82) is 0 Å². The number of carbonyl (C=O) groups is 1. The van der Waals surface area contributed by atoms with Crippen molar-refractivity contribution in [1.82, 2.24) is 29.8 Å². The molecule has 1 saturated heterocycles. The molecular formula is C29H36ClN9O5. The SMILES string of the molecule is COc1ccc(CN(C)c2cc(Cl)nc3c2ncn3C(=O)N[C@H](C)COCc2cc(N)nc(N3CCOCC3)n2)c(OC)c1. The first-order valence-electron chi connectivity index (χ1n) is 14.1. The van der Waals surface area contributed by atoms with Crippen molar-refractivity contribution < 1.29 is 23.7 Å². The molecule has 0 bridgehead atoms. The van der Waals surface area contributed by atoms with Gasteiger partial charge < -0.3 is 39.8 Å². The summed E-state index contributed by atoms with van der Waals surface area (Å²) in [6.45, 7) is 5.41. The number of nitrogens with two attached hydrogens (primary N) is 1. The molecule has 234 valence electrons. The number of anilines is 3. The summed E-state index contributed by atoms with van der Waals surface area (Å²) in [4.78, 5) is 35.0. The standard InChI is InChI=1S/C29H36ClN9O5/c1-18(15-44-16-20-11-25(31)36-28(34-20)38-7-9-43-10-8-38)33-29(40)39-17-32-26-22(13-24(30)35-27(26)39)37(2)14-19-5-6-21(41-3)12-23(19)42-4/h5-6,11-13,17-18H,7-10,14-16H2,1-4H3,(H,33,40)(H2,31,34,36)/t18-/m1/s1. The van der Waals surface area contributed by atoms with Crippen molar-refractivity contribution in [3.05, 3.63) is 53.1 Å². The molecule has 0 saturated carbocycles. The Morgan fingerprint density at radius 2 is 1.95 bits per heavy atom.